The van der Waals surface area contributed by atoms with Gasteiger partial charge in [-0.3, -0.25) is 9.59 Å². The smallest absolute Gasteiger partial charge is 0.324 e. The first-order chi connectivity index (χ1) is 17.3. The number of halogens is 3. The number of fused-ring (bicyclic) bond motifs is 2. The van der Waals surface area contributed by atoms with Crippen LogP contribution in [0.15, 0.2) is 36.4 Å². The summed E-state index contributed by atoms with van der Waals surface area (Å²) < 4.78 is 21.5. The fourth-order valence-corrected chi connectivity index (χ4v) is 6.26. The van der Waals surface area contributed by atoms with Gasteiger partial charge in [-0.05, 0) is 55.9 Å². The molecule has 2 heterocycles. The summed E-state index contributed by atoms with van der Waals surface area (Å²) in [4.78, 5) is 27.7. The Balaban J connectivity index is 1.94. The van der Waals surface area contributed by atoms with Crippen LogP contribution in [0.25, 0.3) is 0 Å². The number of nitrogens with one attached hydrogen (secondary N) is 2. The van der Waals surface area contributed by atoms with Crippen LogP contribution in [0.4, 0.5) is 4.39 Å². The van der Waals surface area contributed by atoms with Crippen molar-refractivity contribution < 1.29 is 23.8 Å². The van der Waals surface area contributed by atoms with Crippen molar-refractivity contribution in [1.29, 1.82) is 0 Å². The van der Waals surface area contributed by atoms with Crippen molar-refractivity contribution in [3.63, 3.8) is 0 Å². The Morgan fingerprint density at radius 3 is 2.59 bits per heavy atom. The van der Waals surface area contributed by atoms with Crippen molar-refractivity contribution in [3.05, 3.63) is 63.4 Å². The number of ether oxygens (including phenoxy) is 1. The Hall–Kier alpha value is -2.19. The highest BCUT2D eigenvalue weighted by atomic mass is 35.5. The standard InChI is InChI=1S/C28H33Cl2FN2O4/c1-14(11-15(2)34)32-25(35)24-22(17-7-6-8-19(30)23(17)31)28(21(33-24)13-27(3,4)5)18-10-9-16(29)12-20(18)37-26(28)36/h6-10,12,14-15,21-22,24,33-34H,11,13H2,1-5H3,(H,32,35). The fourth-order valence-electron chi connectivity index (χ4n) is 5.91. The predicted molar refractivity (Wildman–Crippen MR) is 142 cm³/mol. The molecule has 0 aromatic heterocycles. The minimum Gasteiger partial charge on any atom is -0.425 e. The van der Waals surface area contributed by atoms with E-state index in [1.165, 1.54) is 6.07 Å². The van der Waals surface area contributed by atoms with E-state index in [1.54, 1.807) is 44.2 Å². The lowest BCUT2D eigenvalue weighted by molar-refractivity contribution is -0.139. The third-order valence-corrected chi connectivity index (χ3v) is 7.71. The average Bonchev–Trinajstić information content (AvgIpc) is 3.23. The molecule has 4 rings (SSSR count). The van der Waals surface area contributed by atoms with Crippen LogP contribution in [0.3, 0.4) is 0 Å². The number of benzene rings is 2. The van der Waals surface area contributed by atoms with Crippen molar-refractivity contribution in [3.8, 4) is 5.75 Å². The van der Waals surface area contributed by atoms with E-state index in [2.05, 4.69) is 10.6 Å². The molecule has 3 N–H and O–H groups in total. The summed E-state index contributed by atoms with van der Waals surface area (Å²) in [5.41, 5.74) is -0.948. The second kappa shape index (κ2) is 10.2. The minimum atomic E-state index is -1.41. The highest BCUT2D eigenvalue weighted by molar-refractivity contribution is 6.31. The zero-order valence-corrected chi connectivity index (χ0v) is 23.1. The lowest BCUT2D eigenvalue weighted by atomic mass is 9.62. The van der Waals surface area contributed by atoms with Gasteiger partial charge in [0.15, 0.2) is 0 Å². The number of hydrogen-bond donors (Lipinski definition) is 3. The van der Waals surface area contributed by atoms with E-state index >= 15 is 4.39 Å². The van der Waals surface area contributed by atoms with Crippen molar-refractivity contribution in [2.75, 3.05) is 0 Å². The molecule has 200 valence electrons. The third-order valence-electron chi connectivity index (χ3n) is 7.18. The molecule has 0 bridgehead atoms. The van der Waals surface area contributed by atoms with E-state index in [0.29, 0.717) is 29.2 Å². The number of hydrogen-bond acceptors (Lipinski definition) is 5. The molecule has 6 nitrogen and oxygen atoms in total. The van der Waals surface area contributed by atoms with Crippen molar-refractivity contribution in [2.45, 2.75) is 83.0 Å². The summed E-state index contributed by atoms with van der Waals surface area (Å²) in [6.45, 7) is 9.55. The SMILES string of the molecule is CC(O)CC(C)NC(=O)C1NC(CC(C)(C)C)C2(C(=O)Oc3cc(Cl)ccc32)C1c1cccc(Cl)c1F. The summed E-state index contributed by atoms with van der Waals surface area (Å²) in [5, 5.41) is 16.4. The first kappa shape index (κ1) is 27.8. The lowest BCUT2D eigenvalue weighted by Gasteiger charge is -2.36. The van der Waals surface area contributed by atoms with Crippen molar-refractivity contribution >= 4 is 35.1 Å². The monoisotopic (exact) mass is 550 g/mol. The molecular weight excluding hydrogens is 518 g/mol. The molecule has 37 heavy (non-hydrogen) atoms. The number of aliphatic hydroxyl groups excluding tert-OH is 1. The van der Waals surface area contributed by atoms with Gasteiger partial charge >= 0.3 is 5.97 Å². The molecule has 1 saturated heterocycles. The fraction of sp³-hybridized carbons (Fsp3) is 0.500. The van der Waals surface area contributed by atoms with Crippen molar-refractivity contribution in [2.24, 2.45) is 5.41 Å². The molecule has 2 aliphatic heterocycles. The maximum atomic E-state index is 15.7. The van der Waals surface area contributed by atoms with Gasteiger partial charge in [-0.2, -0.15) is 0 Å². The van der Waals surface area contributed by atoms with Gasteiger partial charge < -0.3 is 20.5 Å². The van der Waals surface area contributed by atoms with Crippen LogP contribution in [-0.4, -0.2) is 41.2 Å². The molecule has 2 aromatic carbocycles. The molecule has 6 atom stereocenters. The number of carbonyl (C=O) groups excluding carboxylic acids is 2. The Bertz CT molecular complexity index is 1220. The Morgan fingerprint density at radius 1 is 1.24 bits per heavy atom. The Kier molecular flexibility index (Phi) is 7.65. The van der Waals surface area contributed by atoms with Crippen LogP contribution in [-0.2, 0) is 15.0 Å². The van der Waals surface area contributed by atoms with Gasteiger partial charge in [-0.1, -0.05) is 62.2 Å². The Labute approximate surface area is 226 Å². The van der Waals surface area contributed by atoms with Crippen LogP contribution in [0.5, 0.6) is 5.75 Å². The second-order valence-corrected chi connectivity index (χ2v) is 12.3. The predicted octanol–water partition coefficient (Wildman–Crippen LogP) is 5.13. The topological polar surface area (TPSA) is 87.7 Å². The van der Waals surface area contributed by atoms with Gasteiger partial charge in [0.25, 0.3) is 0 Å². The zero-order valence-electron chi connectivity index (χ0n) is 21.6. The van der Waals surface area contributed by atoms with E-state index in [-0.39, 0.29) is 22.0 Å². The lowest BCUT2D eigenvalue weighted by Crippen LogP contribution is -2.49. The highest BCUT2D eigenvalue weighted by Crippen LogP contribution is 2.58. The van der Waals surface area contributed by atoms with Crippen LogP contribution in [0.1, 0.15) is 64.5 Å². The van der Waals surface area contributed by atoms with Crippen LogP contribution >= 0.6 is 23.2 Å². The molecule has 1 amide bonds. The van der Waals surface area contributed by atoms with Gasteiger partial charge in [-0.15, -0.1) is 0 Å². The molecule has 0 aliphatic carbocycles. The largest absolute Gasteiger partial charge is 0.425 e. The summed E-state index contributed by atoms with van der Waals surface area (Å²) >= 11 is 12.4. The average molecular weight is 551 g/mol. The quantitative estimate of drug-likeness (QED) is 0.343. The number of aliphatic hydroxyl groups is 1. The normalized spacial score (nSPS) is 26.6. The van der Waals surface area contributed by atoms with Gasteiger partial charge in [0.05, 0.1) is 17.2 Å². The number of carbonyl (C=O) groups is 2. The number of amides is 1. The number of esters is 1. The van der Waals surface area contributed by atoms with Crippen LogP contribution in [0.2, 0.25) is 10.0 Å². The summed E-state index contributed by atoms with van der Waals surface area (Å²) in [7, 11) is 0. The molecule has 0 radical (unpaired) electrons. The van der Waals surface area contributed by atoms with Crippen LogP contribution in [0, 0.1) is 11.2 Å². The summed E-state index contributed by atoms with van der Waals surface area (Å²) in [6, 6.07) is 7.68. The van der Waals surface area contributed by atoms with Gasteiger partial charge in [0, 0.05) is 28.6 Å². The highest BCUT2D eigenvalue weighted by Gasteiger charge is 2.67. The molecular formula is C28H33Cl2FN2O4. The molecule has 1 spiro atoms. The molecule has 0 saturated carbocycles. The maximum Gasteiger partial charge on any atom is 0.324 e. The van der Waals surface area contributed by atoms with E-state index < -0.39 is 47.2 Å². The van der Waals surface area contributed by atoms with Gasteiger partial charge in [0.1, 0.15) is 17.0 Å². The zero-order chi connectivity index (χ0) is 27.3. The van der Waals surface area contributed by atoms with E-state index in [0.717, 1.165) is 0 Å². The molecule has 1 fully saturated rings. The Morgan fingerprint density at radius 2 is 1.95 bits per heavy atom. The minimum absolute atomic E-state index is 0.101. The van der Waals surface area contributed by atoms with Crippen LogP contribution < -0.4 is 15.4 Å². The molecule has 2 aromatic rings. The first-order valence-corrected chi connectivity index (χ1v) is 13.2. The van der Waals surface area contributed by atoms with E-state index in [4.69, 9.17) is 27.9 Å². The first-order valence-electron chi connectivity index (χ1n) is 12.5. The summed E-state index contributed by atoms with van der Waals surface area (Å²) in [5.74, 6) is -2.31. The van der Waals surface area contributed by atoms with Gasteiger partial charge in [-0.25, -0.2) is 4.39 Å². The molecule has 6 unspecified atom stereocenters. The van der Waals surface area contributed by atoms with Crippen molar-refractivity contribution in [1.82, 2.24) is 10.6 Å². The number of rotatable bonds is 6. The summed E-state index contributed by atoms with van der Waals surface area (Å²) in [6.07, 6.45) is 0.221. The molecule has 9 heteroatoms. The van der Waals surface area contributed by atoms with E-state index in [9.17, 15) is 14.7 Å². The third kappa shape index (κ3) is 5.11. The maximum absolute atomic E-state index is 15.7. The molecule has 2 aliphatic rings. The second-order valence-electron chi connectivity index (χ2n) is 11.5. The van der Waals surface area contributed by atoms with Gasteiger partial charge in [0.2, 0.25) is 5.91 Å². The van der Waals surface area contributed by atoms with E-state index in [1.807, 2.05) is 20.8 Å².